The third-order valence-electron chi connectivity index (χ3n) is 7.03. The van der Waals surface area contributed by atoms with Crippen molar-refractivity contribution in [2.45, 2.75) is 20.0 Å². The van der Waals surface area contributed by atoms with E-state index in [0.717, 1.165) is 35.5 Å². The Hall–Kier alpha value is -5.76. The maximum Gasteiger partial charge on any atom is 0.415 e. The molecule has 3 N–H and O–H groups in total. The van der Waals surface area contributed by atoms with E-state index in [4.69, 9.17) is 14.3 Å². The fourth-order valence-corrected chi connectivity index (χ4v) is 6.08. The van der Waals surface area contributed by atoms with E-state index < -0.39 is 47.8 Å². The predicted octanol–water partition coefficient (Wildman–Crippen LogP) is 5.64. The summed E-state index contributed by atoms with van der Waals surface area (Å²) < 4.78 is 40.4. The second-order valence-electron chi connectivity index (χ2n) is 10.8. The summed E-state index contributed by atoms with van der Waals surface area (Å²) in [5.74, 6) is -2.23. The molecule has 0 aliphatic rings. The number of carbonyl (C=O) groups excluding carboxylic acids is 4. The second kappa shape index (κ2) is 17.9. The minimum absolute atomic E-state index is 0.00777. The number of hydrogen-bond acceptors (Lipinski definition) is 12. The predicted molar refractivity (Wildman–Crippen MR) is 187 cm³/mol. The van der Waals surface area contributed by atoms with Crippen molar-refractivity contribution in [1.82, 2.24) is 25.6 Å². The van der Waals surface area contributed by atoms with E-state index in [9.17, 15) is 28.0 Å². The van der Waals surface area contributed by atoms with Gasteiger partial charge in [0.05, 0.1) is 40.0 Å². The normalized spacial score (nSPS) is 10.8. The molecular weight excluding hydrogens is 706 g/mol. The van der Waals surface area contributed by atoms with Crippen LogP contribution in [0.1, 0.15) is 28.4 Å². The number of halogens is 2. The molecule has 2 heterocycles. The number of ether oxygens (including phenoxy) is 2. The quantitative estimate of drug-likeness (QED) is 0.145. The first-order valence-electron chi connectivity index (χ1n) is 15.4. The standard InChI is InChI=1S/C33H36F2N8O8S/c1-7-51-33(47)42(18-21-23(34)9-8-10-24(21)35)30-27(29(44)37-25-15-16-26(48-4)39-38-25)22(17-41(2)3)28(52-30)19-11-13-20(14-12-19)36-31(45)43(50-6)32(46)40-49-5/h8-16H,7,17-18H2,1-6H3,(H,36,45)(H,40,46)(H,37,38,44). The van der Waals surface area contributed by atoms with Gasteiger partial charge in [-0.15, -0.1) is 26.6 Å². The lowest BCUT2D eigenvalue weighted by molar-refractivity contribution is -0.0562. The molecule has 0 atom stereocenters. The largest absolute Gasteiger partial charge is 0.480 e. The Bertz CT molecular complexity index is 1870. The zero-order valence-electron chi connectivity index (χ0n) is 29.0. The number of hydroxylamine groups is 3. The SMILES string of the molecule is CCOC(=O)N(Cc1c(F)cccc1F)c1sc(-c2ccc(NC(=O)N(OC)C(=O)NOC)cc2)c(CN(C)C)c1C(=O)Nc1ccc(OC)nn1. The molecule has 19 heteroatoms. The summed E-state index contributed by atoms with van der Waals surface area (Å²) in [7, 11) is 7.27. The summed E-state index contributed by atoms with van der Waals surface area (Å²) in [6.45, 7) is 1.06. The second-order valence-corrected chi connectivity index (χ2v) is 11.8. The van der Waals surface area contributed by atoms with Gasteiger partial charge in [-0.3, -0.25) is 19.4 Å². The Labute approximate surface area is 301 Å². The lowest BCUT2D eigenvalue weighted by Crippen LogP contribution is -2.44. The van der Waals surface area contributed by atoms with Gasteiger partial charge in [0.1, 0.15) is 16.6 Å². The number of hydrogen-bond donors (Lipinski definition) is 3. The maximum absolute atomic E-state index is 15.0. The Morgan fingerprint density at radius 3 is 2.10 bits per heavy atom. The summed E-state index contributed by atoms with van der Waals surface area (Å²) in [4.78, 5) is 65.2. The first-order chi connectivity index (χ1) is 24.9. The Morgan fingerprint density at radius 1 is 0.846 bits per heavy atom. The topological polar surface area (TPSA) is 177 Å². The Morgan fingerprint density at radius 2 is 1.54 bits per heavy atom. The lowest BCUT2D eigenvalue weighted by Gasteiger charge is -2.23. The van der Waals surface area contributed by atoms with Gasteiger partial charge in [0, 0.05) is 28.7 Å². The molecule has 0 saturated heterocycles. The van der Waals surface area contributed by atoms with Gasteiger partial charge < -0.3 is 25.0 Å². The van der Waals surface area contributed by atoms with Gasteiger partial charge in [-0.1, -0.05) is 18.2 Å². The number of benzene rings is 2. The number of aromatic nitrogens is 2. The molecule has 0 radical (unpaired) electrons. The van der Waals surface area contributed by atoms with E-state index in [1.54, 1.807) is 50.2 Å². The van der Waals surface area contributed by atoms with Crippen molar-refractivity contribution >= 4 is 51.9 Å². The van der Waals surface area contributed by atoms with Crippen molar-refractivity contribution in [2.24, 2.45) is 0 Å². The molecule has 16 nitrogen and oxygen atoms in total. The van der Waals surface area contributed by atoms with E-state index in [0.29, 0.717) is 21.1 Å². The molecule has 52 heavy (non-hydrogen) atoms. The van der Waals surface area contributed by atoms with Gasteiger partial charge in [-0.2, -0.15) is 0 Å². The minimum atomic E-state index is -0.980. The van der Waals surface area contributed by atoms with Crippen molar-refractivity contribution in [1.29, 1.82) is 0 Å². The number of nitrogens with one attached hydrogen (secondary N) is 3. The highest BCUT2D eigenvalue weighted by Crippen LogP contribution is 2.44. The molecule has 2 aromatic heterocycles. The van der Waals surface area contributed by atoms with Crippen LogP contribution in [0.5, 0.6) is 5.88 Å². The molecule has 4 rings (SSSR count). The Kier molecular flexibility index (Phi) is 13.5. The third-order valence-corrected chi connectivity index (χ3v) is 8.34. The molecule has 4 aromatic rings. The number of urea groups is 2. The summed E-state index contributed by atoms with van der Waals surface area (Å²) in [6, 6.07) is 10.7. The first kappa shape index (κ1) is 39.0. The maximum atomic E-state index is 15.0. The van der Waals surface area contributed by atoms with Gasteiger partial charge in [-0.25, -0.2) is 28.6 Å². The van der Waals surface area contributed by atoms with Gasteiger partial charge in [0.25, 0.3) is 5.91 Å². The number of imide groups is 1. The van der Waals surface area contributed by atoms with Crippen LogP contribution < -0.4 is 25.8 Å². The molecule has 0 saturated carbocycles. The lowest BCUT2D eigenvalue weighted by atomic mass is 10.0. The summed E-state index contributed by atoms with van der Waals surface area (Å²) in [6.07, 6.45) is -0.953. The molecular formula is C33H36F2N8O8S. The summed E-state index contributed by atoms with van der Waals surface area (Å²) >= 11 is 1.01. The molecule has 0 bridgehead atoms. The Balaban J connectivity index is 1.87. The number of rotatable bonds is 13. The van der Waals surface area contributed by atoms with E-state index in [-0.39, 0.29) is 41.1 Å². The number of thiophene rings is 1. The fourth-order valence-electron chi connectivity index (χ4n) is 4.78. The molecule has 2 aromatic carbocycles. The highest BCUT2D eigenvalue weighted by Gasteiger charge is 2.33. The van der Waals surface area contributed by atoms with Crippen molar-refractivity contribution in [2.75, 3.05) is 57.6 Å². The minimum Gasteiger partial charge on any atom is -0.480 e. The average molecular weight is 743 g/mol. The third kappa shape index (κ3) is 9.31. The van der Waals surface area contributed by atoms with Crippen LogP contribution >= 0.6 is 11.3 Å². The molecule has 276 valence electrons. The summed E-state index contributed by atoms with van der Waals surface area (Å²) in [5.41, 5.74) is 2.83. The first-order valence-corrected chi connectivity index (χ1v) is 16.2. The van der Waals surface area contributed by atoms with Gasteiger partial charge in [0.15, 0.2) is 5.82 Å². The van der Waals surface area contributed by atoms with E-state index in [2.05, 4.69) is 25.7 Å². The number of amides is 6. The zero-order valence-corrected chi connectivity index (χ0v) is 29.8. The van der Waals surface area contributed by atoms with Crippen molar-refractivity contribution in [3.63, 3.8) is 0 Å². The van der Waals surface area contributed by atoms with Crippen LogP contribution in [-0.2, 0) is 27.5 Å². The number of nitrogens with zero attached hydrogens (tertiary/aromatic N) is 5. The van der Waals surface area contributed by atoms with Crippen LogP contribution in [0.25, 0.3) is 10.4 Å². The van der Waals surface area contributed by atoms with Crippen LogP contribution in [0.2, 0.25) is 0 Å². The molecule has 6 amide bonds. The highest BCUT2D eigenvalue weighted by molar-refractivity contribution is 7.20. The van der Waals surface area contributed by atoms with E-state index in [1.165, 1.54) is 32.4 Å². The van der Waals surface area contributed by atoms with Crippen molar-refractivity contribution in [3.8, 4) is 16.3 Å². The zero-order chi connectivity index (χ0) is 37.9. The van der Waals surface area contributed by atoms with E-state index >= 15 is 0 Å². The van der Waals surface area contributed by atoms with E-state index in [1.807, 2.05) is 5.48 Å². The van der Waals surface area contributed by atoms with Crippen molar-refractivity contribution < 1.29 is 47.1 Å². The van der Waals surface area contributed by atoms with Crippen molar-refractivity contribution in [3.05, 3.63) is 82.9 Å². The summed E-state index contributed by atoms with van der Waals surface area (Å²) in [5, 5.41) is 13.5. The monoisotopic (exact) mass is 742 g/mol. The highest BCUT2D eigenvalue weighted by atomic mass is 32.1. The van der Waals surface area contributed by atoms with Crippen LogP contribution in [0, 0.1) is 11.6 Å². The number of carbonyl (C=O) groups is 4. The fraction of sp³-hybridized carbons (Fsp3) is 0.273. The van der Waals surface area contributed by atoms with Crippen LogP contribution in [0.15, 0.2) is 54.6 Å². The molecule has 0 unspecified atom stereocenters. The molecule has 0 fully saturated rings. The smallest absolute Gasteiger partial charge is 0.415 e. The van der Waals surface area contributed by atoms with Crippen LogP contribution in [-0.4, -0.2) is 86.3 Å². The number of anilines is 3. The molecule has 0 aliphatic carbocycles. The van der Waals surface area contributed by atoms with Gasteiger partial charge in [0.2, 0.25) is 5.88 Å². The van der Waals surface area contributed by atoms with Crippen LogP contribution in [0.4, 0.5) is 39.7 Å². The average Bonchev–Trinajstić information content (AvgIpc) is 3.47. The molecule has 0 aliphatic heterocycles. The molecule has 0 spiro atoms. The number of methoxy groups -OCH3 is 1. The van der Waals surface area contributed by atoms with Crippen LogP contribution in [0.3, 0.4) is 0 Å². The van der Waals surface area contributed by atoms with Gasteiger partial charge in [-0.05, 0) is 62.5 Å². The van der Waals surface area contributed by atoms with Gasteiger partial charge >= 0.3 is 18.2 Å².